The highest BCUT2D eigenvalue weighted by Crippen LogP contribution is 2.52. The number of hydrogen-bond donors (Lipinski definition) is 0. The summed E-state index contributed by atoms with van der Waals surface area (Å²) in [4.78, 5) is 0. The van der Waals surface area contributed by atoms with Crippen LogP contribution in [-0.2, 0) is 0 Å². The molecule has 1 aliphatic rings. The molecule has 0 atom stereocenters. The molecule has 0 fully saturated rings. The molecule has 0 aliphatic heterocycles. The number of methoxy groups -OCH3 is 8. The third-order valence-corrected chi connectivity index (χ3v) is 11.0. The van der Waals surface area contributed by atoms with Gasteiger partial charge in [-0.15, -0.1) is 0 Å². The van der Waals surface area contributed by atoms with Crippen LogP contribution in [0.3, 0.4) is 0 Å². The summed E-state index contributed by atoms with van der Waals surface area (Å²) in [5.41, 5.74) is 8.42. The monoisotopic (exact) mass is 712 g/mol. The van der Waals surface area contributed by atoms with E-state index in [1.54, 1.807) is 56.9 Å². The molecule has 0 saturated heterocycles. The van der Waals surface area contributed by atoms with Crippen molar-refractivity contribution >= 4 is 0 Å². The SMILES string of the molecule is CCC1c2cc(c(OC)cc2OC)C(CC)c2cc(c(OC)cc2OC)C(CC)c2cc(c(OC)cc2OC)C(CC)c2cc1c(OC)cc2OC. The standard InChI is InChI=1S/C44H56O8/c1-13-25-29-17-31(39(47-7)21-37(29)45-5)26(14-2)33-19-35(43(51-11)23-41(33)49-9)28(16-4)36-20-34(42(50-10)24-44(36)52-12)27(15-3)32-18-30(25)38(46-6)22-40(32)48-8/h17-28H,13-16H2,1-12H3. The fourth-order valence-corrected chi connectivity index (χ4v) is 8.40. The molecule has 52 heavy (non-hydrogen) atoms. The van der Waals surface area contributed by atoms with Gasteiger partial charge in [0.2, 0.25) is 0 Å². The van der Waals surface area contributed by atoms with Gasteiger partial charge in [0.15, 0.2) is 0 Å². The minimum atomic E-state index is -0.0757. The third-order valence-electron chi connectivity index (χ3n) is 11.0. The largest absolute Gasteiger partial charge is 0.496 e. The Morgan fingerprint density at radius 1 is 0.269 bits per heavy atom. The first-order valence-corrected chi connectivity index (χ1v) is 18.3. The number of hydrogen-bond acceptors (Lipinski definition) is 8. The highest BCUT2D eigenvalue weighted by Gasteiger charge is 2.33. The average molecular weight is 713 g/mol. The van der Waals surface area contributed by atoms with Gasteiger partial charge in [-0.05, 0) is 49.9 Å². The van der Waals surface area contributed by atoms with Crippen LogP contribution >= 0.6 is 0 Å². The zero-order valence-electron chi connectivity index (χ0n) is 33.0. The van der Waals surface area contributed by atoms with E-state index in [0.29, 0.717) is 0 Å². The maximum absolute atomic E-state index is 6.12. The van der Waals surface area contributed by atoms with Gasteiger partial charge in [0, 0.05) is 92.4 Å². The van der Waals surface area contributed by atoms with Crippen molar-refractivity contribution < 1.29 is 37.9 Å². The summed E-state index contributed by atoms with van der Waals surface area (Å²) in [6, 6.07) is 17.2. The molecule has 0 aromatic heterocycles. The molecule has 4 aromatic carbocycles. The van der Waals surface area contributed by atoms with Crippen LogP contribution in [0.15, 0.2) is 48.5 Å². The molecule has 0 amide bonds. The highest BCUT2D eigenvalue weighted by molar-refractivity contribution is 5.63. The van der Waals surface area contributed by atoms with Crippen LogP contribution in [0.4, 0.5) is 0 Å². The van der Waals surface area contributed by atoms with Gasteiger partial charge in [-0.1, -0.05) is 27.7 Å². The molecule has 0 unspecified atom stereocenters. The Morgan fingerprint density at radius 2 is 0.404 bits per heavy atom. The molecular formula is C44H56O8. The van der Waals surface area contributed by atoms with Crippen LogP contribution in [-0.4, -0.2) is 56.9 Å². The summed E-state index contributed by atoms with van der Waals surface area (Å²) in [5, 5.41) is 0. The summed E-state index contributed by atoms with van der Waals surface area (Å²) < 4.78 is 49.0. The first-order valence-electron chi connectivity index (χ1n) is 18.3. The Labute approximate surface area is 310 Å². The second-order valence-electron chi connectivity index (χ2n) is 13.2. The minimum Gasteiger partial charge on any atom is -0.496 e. The molecule has 0 N–H and O–H groups in total. The zero-order chi connectivity index (χ0) is 37.7. The maximum atomic E-state index is 6.12. The van der Waals surface area contributed by atoms with Gasteiger partial charge < -0.3 is 37.9 Å². The third kappa shape index (κ3) is 6.68. The van der Waals surface area contributed by atoms with Gasteiger partial charge in [-0.25, -0.2) is 0 Å². The van der Waals surface area contributed by atoms with Crippen LogP contribution < -0.4 is 37.9 Å². The topological polar surface area (TPSA) is 73.8 Å². The van der Waals surface area contributed by atoms with Crippen LogP contribution in [0.5, 0.6) is 46.0 Å². The highest BCUT2D eigenvalue weighted by atomic mass is 16.5. The van der Waals surface area contributed by atoms with Gasteiger partial charge in [-0.2, -0.15) is 0 Å². The summed E-state index contributed by atoms with van der Waals surface area (Å²) in [6.07, 6.45) is 3.17. The van der Waals surface area contributed by atoms with Gasteiger partial charge in [0.25, 0.3) is 0 Å². The average Bonchev–Trinajstić information content (AvgIpc) is 3.18. The predicted octanol–water partition coefficient (Wildman–Crippen LogP) is 10.2. The molecule has 8 heteroatoms. The van der Waals surface area contributed by atoms with E-state index in [9.17, 15) is 0 Å². The fraction of sp³-hybridized carbons (Fsp3) is 0.455. The summed E-state index contributed by atoms with van der Waals surface area (Å²) in [5.74, 6) is 5.73. The van der Waals surface area contributed by atoms with E-state index in [1.165, 1.54) is 0 Å². The van der Waals surface area contributed by atoms with Crippen LogP contribution in [0, 0.1) is 0 Å². The Hall–Kier alpha value is -4.72. The van der Waals surface area contributed by atoms with E-state index in [-0.39, 0.29) is 23.7 Å². The van der Waals surface area contributed by atoms with E-state index < -0.39 is 0 Å². The molecule has 8 bridgehead atoms. The summed E-state index contributed by atoms with van der Waals surface area (Å²) in [7, 11) is 13.7. The van der Waals surface area contributed by atoms with E-state index in [4.69, 9.17) is 37.9 Å². The van der Waals surface area contributed by atoms with Gasteiger partial charge in [-0.3, -0.25) is 0 Å². The smallest absolute Gasteiger partial charge is 0.126 e. The molecule has 1 aliphatic carbocycles. The zero-order valence-corrected chi connectivity index (χ0v) is 33.0. The van der Waals surface area contributed by atoms with Crippen LogP contribution in [0.1, 0.15) is 122 Å². The van der Waals surface area contributed by atoms with E-state index >= 15 is 0 Å². The second kappa shape index (κ2) is 16.7. The predicted molar refractivity (Wildman–Crippen MR) is 207 cm³/mol. The fourth-order valence-electron chi connectivity index (χ4n) is 8.40. The van der Waals surface area contributed by atoms with Crippen molar-refractivity contribution in [2.24, 2.45) is 0 Å². The lowest BCUT2D eigenvalue weighted by Gasteiger charge is -2.30. The van der Waals surface area contributed by atoms with Crippen molar-refractivity contribution in [3.05, 3.63) is 93.0 Å². The van der Waals surface area contributed by atoms with Crippen molar-refractivity contribution in [1.82, 2.24) is 0 Å². The van der Waals surface area contributed by atoms with Crippen molar-refractivity contribution in [3.8, 4) is 46.0 Å². The molecule has 0 saturated carbocycles. The van der Waals surface area contributed by atoms with Crippen molar-refractivity contribution in [3.63, 3.8) is 0 Å². The second-order valence-corrected chi connectivity index (χ2v) is 13.2. The Balaban J connectivity index is 2.03. The van der Waals surface area contributed by atoms with E-state index in [2.05, 4.69) is 52.0 Å². The van der Waals surface area contributed by atoms with Crippen LogP contribution in [0.25, 0.3) is 0 Å². The molecule has 8 nitrogen and oxygen atoms in total. The molecule has 280 valence electrons. The number of benzene rings is 4. The molecule has 5 rings (SSSR count). The Bertz CT molecular complexity index is 1490. The van der Waals surface area contributed by atoms with Crippen molar-refractivity contribution in [2.45, 2.75) is 77.0 Å². The molecular weight excluding hydrogens is 656 g/mol. The van der Waals surface area contributed by atoms with Gasteiger partial charge in [0.1, 0.15) is 46.0 Å². The first-order chi connectivity index (χ1) is 25.2. The lowest BCUT2D eigenvalue weighted by atomic mass is 9.77. The Morgan fingerprint density at radius 3 is 0.500 bits per heavy atom. The van der Waals surface area contributed by atoms with Crippen LogP contribution in [0.2, 0.25) is 0 Å². The van der Waals surface area contributed by atoms with Crippen molar-refractivity contribution in [1.29, 1.82) is 0 Å². The molecule has 0 spiro atoms. The molecule has 4 aromatic rings. The minimum absolute atomic E-state index is 0.0757. The molecule has 0 heterocycles. The van der Waals surface area contributed by atoms with E-state index in [1.807, 2.05) is 24.3 Å². The van der Waals surface area contributed by atoms with Gasteiger partial charge >= 0.3 is 0 Å². The summed E-state index contributed by atoms with van der Waals surface area (Å²) in [6.45, 7) is 8.80. The first kappa shape index (κ1) is 38.5. The Kier molecular flexibility index (Phi) is 12.4. The molecule has 0 radical (unpaired) electrons. The lowest BCUT2D eigenvalue weighted by molar-refractivity contribution is 0.374. The summed E-state index contributed by atoms with van der Waals surface area (Å²) >= 11 is 0. The number of ether oxygens (including phenoxy) is 8. The number of rotatable bonds is 12. The number of fused-ring (bicyclic) bond motifs is 8. The quantitative estimate of drug-likeness (QED) is 0.144. The maximum Gasteiger partial charge on any atom is 0.126 e. The normalized spacial score (nSPS) is 17.9. The van der Waals surface area contributed by atoms with Crippen molar-refractivity contribution in [2.75, 3.05) is 56.9 Å². The lowest BCUT2D eigenvalue weighted by Crippen LogP contribution is -2.14. The van der Waals surface area contributed by atoms with E-state index in [0.717, 1.165) is 116 Å². The van der Waals surface area contributed by atoms with Gasteiger partial charge in [0.05, 0.1) is 56.9 Å².